The van der Waals surface area contributed by atoms with Crippen LogP contribution in [0.15, 0.2) is 5.51 Å². The van der Waals surface area contributed by atoms with Crippen LogP contribution in [0.1, 0.15) is 56.5 Å². The van der Waals surface area contributed by atoms with E-state index in [4.69, 9.17) is 0 Å². The Hall–Kier alpha value is -0.370. The SMILES string of the molecule is CCCCC1(CCC)Cc2ncsc2C1. The van der Waals surface area contributed by atoms with Crippen LogP contribution in [0.2, 0.25) is 0 Å². The molecule has 1 unspecified atom stereocenters. The summed E-state index contributed by atoms with van der Waals surface area (Å²) in [5.41, 5.74) is 4.00. The summed E-state index contributed by atoms with van der Waals surface area (Å²) >= 11 is 1.86. The van der Waals surface area contributed by atoms with Gasteiger partial charge in [0.25, 0.3) is 0 Å². The van der Waals surface area contributed by atoms with Gasteiger partial charge in [0.1, 0.15) is 0 Å². The van der Waals surface area contributed by atoms with Crippen LogP contribution in [-0.4, -0.2) is 4.98 Å². The molecule has 1 nitrogen and oxygen atoms in total. The maximum Gasteiger partial charge on any atom is 0.0797 e. The first kappa shape index (κ1) is 11.1. The van der Waals surface area contributed by atoms with Gasteiger partial charge in [-0.05, 0) is 31.1 Å². The summed E-state index contributed by atoms with van der Waals surface area (Å²) in [5, 5.41) is 0. The molecule has 2 rings (SSSR count). The molecule has 0 saturated heterocycles. The van der Waals surface area contributed by atoms with E-state index < -0.39 is 0 Å². The lowest BCUT2D eigenvalue weighted by Crippen LogP contribution is -2.21. The van der Waals surface area contributed by atoms with E-state index in [1.165, 1.54) is 50.6 Å². The van der Waals surface area contributed by atoms with Gasteiger partial charge in [-0.25, -0.2) is 4.98 Å². The first-order valence-corrected chi connectivity index (χ1v) is 7.09. The predicted octanol–water partition coefficient (Wildman–Crippen LogP) is 4.22. The Labute approximate surface area is 96.9 Å². The Morgan fingerprint density at radius 2 is 2.13 bits per heavy atom. The summed E-state index contributed by atoms with van der Waals surface area (Å²) in [6.07, 6.45) is 9.37. The van der Waals surface area contributed by atoms with Crippen LogP contribution in [-0.2, 0) is 12.8 Å². The zero-order chi connectivity index (χ0) is 10.7. The number of thiazole rings is 1. The number of aromatic nitrogens is 1. The van der Waals surface area contributed by atoms with Gasteiger partial charge in [0.2, 0.25) is 0 Å². The van der Waals surface area contributed by atoms with Gasteiger partial charge in [0, 0.05) is 4.88 Å². The molecule has 0 amide bonds. The molecule has 1 aliphatic rings. The van der Waals surface area contributed by atoms with Gasteiger partial charge in [0.15, 0.2) is 0 Å². The fraction of sp³-hybridized carbons (Fsp3) is 0.769. The molecular weight excluding hydrogens is 202 g/mol. The number of rotatable bonds is 5. The minimum atomic E-state index is 0.584. The van der Waals surface area contributed by atoms with Crippen molar-refractivity contribution in [3.63, 3.8) is 0 Å². The lowest BCUT2D eigenvalue weighted by molar-refractivity contribution is 0.244. The van der Waals surface area contributed by atoms with Crippen LogP contribution in [0.25, 0.3) is 0 Å². The van der Waals surface area contributed by atoms with Gasteiger partial charge >= 0.3 is 0 Å². The fourth-order valence-electron chi connectivity index (χ4n) is 2.90. The largest absolute Gasteiger partial charge is 0.249 e. The van der Waals surface area contributed by atoms with E-state index in [1.807, 2.05) is 16.8 Å². The van der Waals surface area contributed by atoms with Gasteiger partial charge in [-0.2, -0.15) is 0 Å². The molecule has 15 heavy (non-hydrogen) atoms. The van der Waals surface area contributed by atoms with Crippen molar-refractivity contribution in [2.45, 2.75) is 58.8 Å². The zero-order valence-electron chi connectivity index (χ0n) is 9.88. The highest BCUT2D eigenvalue weighted by molar-refractivity contribution is 7.09. The zero-order valence-corrected chi connectivity index (χ0v) is 10.7. The standard InChI is InChI=1S/C13H21NS/c1-3-5-7-13(6-4-2)8-11-12(9-13)15-10-14-11/h10H,3-9H2,1-2H3. The second kappa shape index (κ2) is 4.65. The fourth-order valence-corrected chi connectivity index (χ4v) is 3.86. The predicted molar refractivity (Wildman–Crippen MR) is 66.4 cm³/mol. The summed E-state index contributed by atoms with van der Waals surface area (Å²) in [4.78, 5) is 6.07. The minimum absolute atomic E-state index is 0.584. The first-order chi connectivity index (χ1) is 7.29. The van der Waals surface area contributed by atoms with Gasteiger partial charge in [-0.3, -0.25) is 0 Å². The molecule has 0 saturated carbocycles. The molecular formula is C13H21NS. The molecule has 2 heteroatoms. The highest BCUT2D eigenvalue weighted by Crippen LogP contribution is 2.45. The Kier molecular flexibility index (Phi) is 3.45. The lowest BCUT2D eigenvalue weighted by Gasteiger charge is -2.28. The Morgan fingerprint density at radius 3 is 2.80 bits per heavy atom. The third-order valence-electron chi connectivity index (χ3n) is 3.64. The highest BCUT2D eigenvalue weighted by Gasteiger charge is 2.37. The van der Waals surface area contributed by atoms with E-state index in [2.05, 4.69) is 18.8 Å². The van der Waals surface area contributed by atoms with Gasteiger partial charge in [0.05, 0.1) is 11.2 Å². The van der Waals surface area contributed by atoms with E-state index in [9.17, 15) is 0 Å². The first-order valence-electron chi connectivity index (χ1n) is 6.21. The van der Waals surface area contributed by atoms with Crippen LogP contribution in [0.4, 0.5) is 0 Å². The third-order valence-corrected chi connectivity index (χ3v) is 4.52. The molecule has 1 heterocycles. The molecule has 1 aliphatic carbocycles. The molecule has 0 radical (unpaired) electrons. The number of hydrogen-bond acceptors (Lipinski definition) is 2. The maximum atomic E-state index is 4.50. The molecule has 84 valence electrons. The van der Waals surface area contributed by atoms with Crippen molar-refractivity contribution in [1.82, 2.24) is 4.98 Å². The highest BCUT2D eigenvalue weighted by atomic mass is 32.1. The molecule has 0 spiro atoms. The van der Waals surface area contributed by atoms with Crippen molar-refractivity contribution >= 4 is 11.3 Å². The molecule has 0 aromatic carbocycles. The second-order valence-corrected chi connectivity index (χ2v) is 5.87. The molecule has 1 atom stereocenters. The van der Waals surface area contributed by atoms with Crippen LogP contribution < -0.4 is 0 Å². The van der Waals surface area contributed by atoms with E-state index >= 15 is 0 Å². The normalized spacial score (nSPS) is 24.4. The quantitative estimate of drug-likeness (QED) is 0.728. The van der Waals surface area contributed by atoms with Crippen molar-refractivity contribution in [3.8, 4) is 0 Å². The van der Waals surface area contributed by atoms with Crippen molar-refractivity contribution in [1.29, 1.82) is 0 Å². The molecule has 0 fully saturated rings. The Morgan fingerprint density at radius 1 is 1.27 bits per heavy atom. The van der Waals surface area contributed by atoms with Crippen LogP contribution in [0.3, 0.4) is 0 Å². The third kappa shape index (κ3) is 2.25. The molecule has 0 aliphatic heterocycles. The smallest absolute Gasteiger partial charge is 0.0797 e. The van der Waals surface area contributed by atoms with E-state index in [0.717, 1.165) is 0 Å². The average molecular weight is 223 g/mol. The Bertz CT molecular complexity index is 296. The molecule has 0 bridgehead atoms. The van der Waals surface area contributed by atoms with Crippen LogP contribution in [0, 0.1) is 5.41 Å². The van der Waals surface area contributed by atoms with E-state index in [0.29, 0.717) is 5.41 Å². The summed E-state index contributed by atoms with van der Waals surface area (Å²) in [5.74, 6) is 0. The summed E-state index contributed by atoms with van der Waals surface area (Å²) in [6, 6.07) is 0. The van der Waals surface area contributed by atoms with Crippen molar-refractivity contribution in [2.75, 3.05) is 0 Å². The molecule has 1 aromatic heterocycles. The summed E-state index contributed by atoms with van der Waals surface area (Å²) < 4.78 is 0. The maximum absolute atomic E-state index is 4.50. The second-order valence-electron chi connectivity index (χ2n) is 4.93. The van der Waals surface area contributed by atoms with Crippen molar-refractivity contribution < 1.29 is 0 Å². The van der Waals surface area contributed by atoms with Crippen molar-refractivity contribution in [2.24, 2.45) is 5.41 Å². The number of hydrogen-bond donors (Lipinski definition) is 0. The number of fused-ring (bicyclic) bond motifs is 1. The van der Waals surface area contributed by atoms with Gasteiger partial charge < -0.3 is 0 Å². The number of nitrogens with zero attached hydrogens (tertiary/aromatic N) is 1. The summed E-state index contributed by atoms with van der Waals surface area (Å²) in [7, 11) is 0. The lowest BCUT2D eigenvalue weighted by atomic mass is 9.77. The molecule has 1 aromatic rings. The van der Waals surface area contributed by atoms with Crippen molar-refractivity contribution in [3.05, 3.63) is 16.1 Å². The monoisotopic (exact) mass is 223 g/mol. The van der Waals surface area contributed by atoms with E-state index in [1.54, 1.807) is 4.88 Å². The average Bonchev–Trinajstić information content (AvgIpc) is 2.74. The summed E-state index contributed by atoms with van der Waals surface area (Å²) in [6.45, 7) is 4.61. The van der Waals surface area contributed by atoms with Crippen LogP contribution in [0.5, 0.6) is 0 Å². The molecule has 0 N–H and O–H groups in total. The minimum Gasteiger partial charge on any atom is -0.249 e. The van der Waals surface area contributed by atoms with E-state index in [-0.39, 0.29) is 0 Å². The van der Waals surface area contributed by atoms with Gasteiger partial charge in [-0.1, -0.05) is 33.1 Å². The topological polar surface area (TPSA) is 12.9 Å². The van der Waals surface area contributed by atoms with Gasteiger partial charge in [-0.15, -0.1) is 11.3 Å². The Balaban J connectivity index is 2.07. The van der Waals surface area contributed by atoms with Crippen LogP contribution >= 0.6 is 11.3 Å². The number of unbranched alkanes of at least 4 members (excludes halogenated alkanes) is 1.